The summed E-state index contributed by atoms with van der Waals surface area (Å²) >= 11 is 6.73. The fourth-order valence-corrected chi connectivity index (χ4v) is 3.09. The second-order valence-corrected chi connectivity index (χ2v) is 6.47. The van der Waals surface area contributed by atoms with Crippen LogP contribution in [0, 0.1) is 0 Å². The van der Waals surface area contributed by atoms with Crippen LogP contribution in [0.3, 0.4) is 0 Å². The fraction of sp³-hybridized carbons (Fsp3) is 0.250. The molecule has 0 atom stereocenters. The molecule has 0 aliphatic carbocycles. The number of hydrogen-bond acceptors (Lipinski definition) is 2. The Morgan fingerprint density at radius 2 is 1.35 bits per heavy atom. The van der Waals surface area contributed by atoms with E-state index in [0.29, 0.717) is 8.95 Å². The SMILES string of the molecule is CCCC(c1ccc(O)c(Br)c1)c1ccc(O)c(Br)c1. The third-order valence-electron chi connectivity index (χ3n) is 3.33. The minimum atomic E-state index is 0.244. The lowest BCUT2D eigenvalue weighted by atomic mass is 9.87. The van der Waals surface area contributed by atoms with Crippen molar-refractivity contribution in [2.24, 2.45) is 0 Å². The first-order valence-electron chi connectivity index (χ1n) is 6.49. The van der Waals surface area contributed by atoms with E-state index in [0.717, 1.165) is 24.0 Å². The van der Waals surface area contributed by atoms with E-state index in [1.54, 1.807) is 12.1 Å². The minimum Gasteiger partial charge on any atom is -0.507 e. The van der Waals surface area contributed by atoms with Crippen molar-refractivity contribution in [3.8, 4) is 11.5 Å². The Hall–Kier alpha value is -1.00. The number of benzene rings is 2. The highest BCUT2D eigenvalue weighted by Crippen LogP contribution is 2.36. The Balaban J connectivity index is 2.44. The molecule has 20 heavy (non-hydrogen) atoms. The Kier molecular flexibility index (Phi) is 5.11. The molecule has 2 aromatic carbocycles. The molecule has 0 fully saturated rings. The van der Waals surface area contributed by atoms with Gasteiger partial charge < -0.3 is 10.2 Å². The summed E-state index contributed by atoms with van der Waals surface area (Å²) < 4.78 is 1.41. The Labute approximate surface area is 135 Å². The normalized spacial score (nSPS) is 11.0. The zero-order valence-corrected chi connectivity index (χ0v) is 14.3. The molecule has 106 valence electrons. The van der Waals surface area contributed by atoms with Crippen molar-refractivity contribution in [2.75, 3.05) is 0 Å². The largest absolute Gasteiger partial charge is 0.507 e. The maximum atomic E-state index is 9.62. The first-order valence-corrected chi connectivity index (χ1v) is 8.08. The van der Waals surface area contributed by atoms with E-state index in [1.807, 2.05) is 24.3 Å². The van der Waals surface area contributed by atoms with Crippen molar-refractivity contribution in [1.82, 2.24) is 0 Å². The smallest absolute Gasteiger partial charge is 0.129 e. The van der Waals surface area contributed by atoms with Crippen LogP contribution in [-0.4, -0.2) is 10.2 Å². The lowest BCUT2D eigenvalue weighted by Crippen LogP contribution is -2.01. The van der Waals surface area contributed by atoms with Crippen molar-refractivity contribution < 1.29 is 10.2 Å². The van der Waals surface area contributed by atoms with E-state index in [1.165, 1.54) is 0 Å². The van der Waals surface area contributed by atoms with E-state index < -0.39 is 0 Å². The van der Waals surface area contributed by atoms with Gasteiger partial charge in [-0.05, 0) is 73.7 Å². The van der Waals surface area contributed by atoms with Crippen LogP contribution in [-0.2, 0) is 0 Å². The van der Waals surface area contributed by atoms with Gasteiger partial charge in [-0.1, -0.05) is 25.5 Å². The van der Waals surface area contributed by atoms with Crippen LogP contribution in [0.4, 0.5) is 0 Å². The molecule has 2 nitrogen and oxygen atoms in total. The Morgan fingerprint density at radius 1 is 0.900 bits per heavy atom. The molecule has 0 radical (unpaired) electrons. The number of aromatic hydroxyl groups is 2. The zero-order chi connectivity index (χ0) is 14.7. The van der Waals surface area contributed by atoms with Gasteiger partial charge in [0.1, 0.15) is 11.5 Å². The fourth-order valence-electron chi connectivity index (χ4n) is 2.29. The van der Waals surface area contributed by atoms with Crippen LogP contribution in [0.2, 0.25) is 0 Å². The van der Waals surface area contributed by atoms with E-state index in [2.05, 4.69) is 38.8 Å². The summed E-state index contributed by atoms with van der Waals surface area (Å²) in [6.07, 6.45) is 2.07. The van der Waals surface area contributed by atoms with Crippen molar-refractivity contribution in [3.63, 3.8) is 0 Å². The summed E-state index contributed by atoms with van der Waals surface area (Å²) in [5.74, 6) is 0.737. The lowest BCUT2D eigenvalue weighted by Gasteiger charge is -2.18. The van der Waals surface area contributed by atoms with Crippen LogP contribution in [0.1, 0.15) is 36.8 Å². The number of hydrogen-bond donors (Lipinski definition) is 2. The summed E-state index contributed by atoms with van der Waals surface area (Å²) in [7, 11) is 0. The van der Waals surface area contributed by atoms with Crippen LogP contribution in [0.5, 0.6) is 11.5 Å². The van der Waals surface area contributed by atoms with Crippen molar-refractivity contribution >= 4 is 31.9 Å². The molecule has 2 rings (SSSR count). The van der Waals surface area contributed by atoms with Gasteiger partial charge in [0.25, 0.3) is 0 Å². The zero-order valence-electron chi connectivity index (χ0n) is 11.1. The molecule has 0 heterocycles. The second kappa shape index (κ2) is 6.64. The van der Waals surface area contributed by atoms with Crippen molar-refractivity contribution in [2.45, 2.75) is 25.7 Å². The quantitative estimate of drug-likeness (QED) is 0.706. The average molecular weight is 400 g/mol. The molecule has 0 aliphatic heterocycles. The number of phenolic OH excluding ortho intramolecular Hbond substituents is 2. The molecule has 0 saturated carbocycles. The lowest BCUT2D eigenvalue weighted by molar-refractivity contribution is 0.471. The molecule has 0 unspecified atom stereocenters. The van der Waals surface area contributed by atoms with E-state index >= 15 is 0 Å². The van der Waals surface area contributed by atoms with Crippen molar-refractivity contribution in [3.05, 3.63) is 56.5 Å². The van der Waals surface area contributed by atoms with Crippen LogP contribution < -0.4 is 0 Å². The number of halogens is 2. The molecule has 0 amide bonds. The molecule has 0 bridgehead atoms. The molecule has 0 aromatic heterocycles. The van der Waals surface area contributed by atoms with Gasteiger partial charge in [0.2, 0.25) is 0 Å². The predicted molar refractivity (Wildman–Crippen MR) is 88.4 cm³/mol. The minimum absolute atomic E-state index is 0.244. The van der Waals surface area contributed by atoms with Gasteiger partial charge in [0, 0.05) is 5.92 Å². The third kappa shape index (κ3) is 3.36. The number of rotatable bonds is 4. The highest BCUT2D eigenvalue weighted by Gasteiger charge is 2.16. The topological polar surface area (TPSA) is 40.5 Å². The highest BCUT2D eigenvalue weighted by atomic mass is 79.9. The molecule has 2 aromatic rings. The van der Waals surface area contributed by atoms with E-state index in [4.69, 9.17) is 0 Å². The average Bonchev–Trinajstić information content (AvgIpc) is 2.43. The summed E-state index contributed by atoms with van der Waals surface area (Å²) in [5, 5.41) is 19.2. The molecule has 0 spiro atoms. The maximum absolute atomic E-state index is 9.62. The number of phenols is 2. The highest BCUT2D eigenvalue weighted by molar-refractivity contribution is 9.10. The summed E-state index contributed by atoms with van der Waals surface area (Å²) in [6, 6.07) is 11.2. The van der Waals surface area contributed by atoms with Gasteiger partial charge in [-0.2, -0.15) is 0 Å². The van der Waals surface area contributed by atoms with Crippen molar-refractivity contribution in [1.29, 1.82) is 0 Å². The van der Waals surface area contributed by atoms with Gasteiger partial charge in [0.05, 0.1) is 8.95 Å². The van der Waals surface area contributed by atoms with E-state index in [9.17, 15) is 10.2 Å². The molecule has 0 saturated heterocycles. The van der Waals surface area contributed by atoms with Gasteiger partial charge in [-0.3, -0.25) is 0 Å². The van der Waals surface area contributed by atoms with Crippen LogP contribution >= 0.6 is 31.9 Å². The van der Waals surface area contributed by atoms with Crippen LogP contribution in [0.15, 0.2) is 45.3 Å². The van der Waals surface area contributed by atoms with Gasteiger partial charge in [0.15, 0.2) is 0 Å². The van der Waals surface area contributed by atoms with Gasteiger partial charge in [-0.25, -0.2) is 0 Å². The third-order valence-corrected chi connectivity index (χ3v) is 4.60. The summed E-state index contributed by atoms with van der Waals surface area (Å²) in [6.45, 7) is 2.15. The first-order chi connectivity index (χ1) is 9.52. The summed E-state index contributed by atoms with van der Waals surface area (Å²) in [5.41, 5.74) is 2.29. The first kappa shape index (κ1) is 15.4. The van der Waals surface area contributed by atoms with Crippen LogP contribution in [0.25, 0.3) is 0 Å². The Morgan fingerprint density at radius 3 is 1.70 bits per heavy atom. The van der Waals surface area contributed by atoms with Gasteiger partial charge >= 0.3 is 0 Å². The molecular weight excluding hydrogens is 384 g/mol. The maximum Gasteiger partial charge on any atom is 0.129 e. The van der Waals surface area contributed by atoms with Gasteiger partial charge in [-0.15, -0.1) is 0 Å². The second-order valence-electron chi connectivity index (χ2n) is 4.76. The molecule has 4 heteroatoms. The standard InChI is InChI=1S/C16H16Br2O2/c1-2-3-12(10-4-6-15(19)13(17)8-10)11-5-7-16(20)14(18)9-11/h4-9,12,19-20H,2-3H2,1H3. The Bertz CT molecular complexity index is 560. The molecular formula is C16H16Br2O2. The monoisotopic (exact) mass is 398 g/mol. The van der Waals surface area contributed by atoms with E-state index in [-0.39, 0.29) is 17.4 Å². The molecule has 0 aliphatic rings. The summed E-state index contributed by atoms with van der Waals surface area (Å²) in [4.78, 5) is 0. The predicted octanol–water partition coefficient (Wildman–Crippen LogP) is 5.55. The molecule has 2 N–H and O–H groups in total.